The van der Waals surface area contributed by atoms with Crippen molar-refractivity contribution in [2.45, 2.75) is 18.4 Å². The summed E-state index contributed by atoms with van der Waals surface area (Å²) in [4.78, 5) is 10.00. The molecule has 2 aromatic carbocycles. The fourth-order valence-corrected chi connectivity index (χ4v) is 3.53. The monoisotopic (exact) mass is 338 g/mol. The molecule has 2 aromatic rings. The first-order valence-electron chi connectivity index (χ1n) is 6.83. The number of rotatable bonds is 6. The molecule has 0 saturated heterocycles. The third-order valence-corrected chi connectivity index (χ3v) is 5.22. The maximum absolute atomic E-state index is 13.2. The van der Waals surface area contributed by atoms with Crippen molar-refractivity contribution in [3.8, 4) is 0 Å². The summed E-state index contributed by atoms with van der Waals surface area (Å²) >= 11 is 0. The molecular formula is C15H15FN2O4S. The molecule has 0 aliphatic rings. The Balaban J connectivity index is 2.29. The lowest BCUT2D eigenvalue weighted by atomic mass is 10.2. The minimum Gasteiger partial charge on any atom is -0.258 e. The van der Waals surface area contributed by atoms with E-state index in [1.807, 2.05) is 0 Å². The van der Waals surface area contributed by atoms with Crippen molar-refractivity contribution in [3.63, 3.8) is 0 Å². The first-order valence-corrected chi connectivity index (χ1v) is 8.27. The van der Waals surface area contributed by atoms with E-state index in [1.54, 1.807) is 13.0 Å². The lowest BCUT2D eigenvalue weighted by molar-refractivity contribution is -0.384. The molecule has 0 saturated carbocycles. The normalized spacial score (nSPS) is 11.6. The van der Waals surface area contributed by atoms with Crippen molar-refractivity contribution < 1.29 is 17.7 Å². The van der Waals surface area contributed by atoms with E-state index in [2.05, 4.69) is 0 Å². The summed E-state index contributed by atoms with van der Waals surface area (Å²) in [7, 11) is -3.82. The molecule has 122 valence electrons. The average molecular weight is 338 g/mol. The molecule has 0 N–H and O–H groups in total. The van der Waals surface area contributed by atoms with E-state index in [1.165, 1.54) is 34.6 Å². The van der Waals surface area contributed by atoms with Crippen LogP contribution in [0, 0.1) is 15.9 Å². The van der Waals surface area contributed by atoms with E-state index in [-0.39, 0.29) is 23.7 Å². The Labute approximate surface area is 133 Å². The third kappa shape index (κ3) is 3.91. The number of hydrogen-bond acceptors (Lipinski definition) is 4. The molecule has 0 heterocycles. The quantitative estimate of drug-likeness (QED) is 0.599. The standard InChI is InChI=1S/C15H15FN2O4S/c1-2-17(11-12-4-3-5-13(16)10-12)23(21,22)15-8-6-14(7-9-15)18(19)20/h3-10H,2,11H2,1H3. The van der Waals surface area contributed by atoms with Gasteiger partial charge in [0.2, 0.25) is 10.0 Å². The molecule has 0 bridgehead atoms. The maximum atomic E-state index is 13.2. The van der Waals surface area contributed by atoms with Crippen molar-refractivity contribution in [3.05, 3.63) is 70.0 Å². The Morgan fingerprint density at radius 3 is 2.35 bits per heavy atom. The van der Waals surface area contributed by atoms with E-state index >= 15 is 0 Å². The van der Waals surface area contributed by atoms with Crippen molar-refractivity contribution >= 4 is 15.7 Å². The summed E-state index contributed by atoms with van der Waals surface area (Å²) in [5, 5.41) is 10.6. The van der Waals surface area contributed by atoms with Gasteiger partial charge < -0.3 is 0 Å². The van der Waals surface area contributed by atoms with Gasteiger partial charge in [0.1, 0.15) is 5.82 Å². The molecule has 0 unspecified atom stereocenters. The molecule has 0 amide bonds. The van der Waals surface area contributed by atoms with Gasteiger partial charge in [-0.1, -0.05) is 19.1 Å². The van der Waals surface area contributed by atoms with Crippen molar-refractivity contribution in [1.29, 1.82) is 0 Å². The van der Waals surface area contributed by atoms with E-state index < -0.39 is 20.8 Å². The van der Waals surface area contributed by atoms with Crippen LogP contribution in [0.25, 0.3) is 0 Å². The second-order valence-electron chi connectivity index (χ2n) is 4.81. The highest BCUT2D eigenvalue weighted by molar-refractivity contribution is 7.89. The summed E-state index contributed by atoms with van der Waals surface area (Å²) in [6, 6.07) is 10.4. The Hall–Kier alpha value is -2.32. The molecule has 2 rings (SSSR count). The molecule has 0 fully saturated rings. The van der Waals surface area contributed by atoms with Crippen LogP contribution >= 0.6 is 0 Å². The van der Waals surface area contributed by atoms with Crippen molar-refractivity contribution in [1.82, 2.24) is 4.31 Å². The lowest BCUT2D eigenvalue weighted by Crippen LogP contribution is -2.30. The summed E-state index contributed by atoms with van der Waals surface area (Å²) in [5.41, 5.74) is 0.342. The molecule has 23 heavy (non-hydrogen) atoms. The minimum atomic E-state index is -3.82. The highest BCUT2D eigenvalue weighted by Gasteiger charge is 2.24. The Morgan fingerprint density at radius 2 is 1.83 bits per heavy atom. The fourth-order valence-electron chi connectivity index (χ4n) is 2.09. The summed E-state index contributed by atoms with van der Waals surface area (Å²) in [5.74, 6) is -0.439. The SMILES string of the molecule is CCN(Cc1cccc(F)c1)S(=O)(=O)c1ccc([N+](=O)[O-])cc1. The molecule has 0 aromatic heterocycles. The van der Waals surface area contributed by atoms with Gasteiger partial charge in [-0.25, -0.2) is 12.8 Å². The van der Waals surface area contributed by atoms with Crippen LogP contribution < -0.4 is 0 Å². The van der Waals surface area contributed by atoms with Gasteiger partial charge in [0.15, 0.2) is 0 Å². The van der Waals surface area contributed by atoms with Crippen LogP contribution in [0.1, 0.15) is 12.5 Å². The summed E-state index contributed by atoms with van der Waals surface area (Å²) in [6.07, 6.45) is 0. The molecule has 6 nitrogen and oxygen atoms in total. The van der Waals surface area contributed by atoms with Gasteiger partial charge in [-0.2, -0.15) is 4.31 Å². The smallest absolute Gasteiger partial charge is 0.258 e. The largest absolute Gasteiger partial charge is 0.269 e. The summed E-state index contributed by atoms with van der Waals surface area (Å²) in [6.45, 7) is 1.88. The van der Waals surface area contributed by atoms with E-state index in [0.29, 0.717) is 5.56 Å². The Bertz CT molecular complexity index is 806. The third-order valence-electron chi connectivity index (χ3n) is 3.29. The molecule has 0 aliphatic heterocycles. The van der Waals surface area contributed by atoms with Gasteiger partial charge in [-0.15, -0.1) is 0 Å². The summed E-state index contributed by atoms with van der Waals surface area (Å²) < 4.78 is 39.6. The number of nitro benzene ring substituents is 1. The molecule has 0 radical (unpaired) electrons. The average Bonchev–Trinajstić information content (AvgIpc) is 2.52. The number of hydrogen-bond donors (Lipinski definition) is 0. The molecule has 0 aliphatic carbocycles. The molecular weight excluding hydrogens is 323 g/mol. The number of non-ortho nitro benzene ring substituents is 1. The maximum Gasteiger partial charge on any atom is 0.269 e. The minimum absolute atomic E-state index is 0.0214. The zero-order chi connectivity index (χ0) is 17.0. The van der Waals surface area contributed by atoms with Crippen LogP contribution in [-0.2, 0) is 16.6 Å². The topological polar surface area (TPSA) is 80.5 Å². The first-order chi connectivity index (χ1) is 10.8. The van der Waals surface area contributed by atoms with E-state index in [0.717, 1.165) is 12.1 Å². The van der Waals surface area contributed by atoms with Gasteiger partial charge >= 0.3 is 0 Å². The second kappa shape index (κ2) is 6.84. The first kappa shape index (κ1) is 17.0. The van der Waals surface area contributed by atoms with Crippen LogP contribution in [0.2, 0.25) is 0 Å². The van der Waals surface area contributed by atoms with E-state index in [4.69, 9.17) is 0 Å². The van der Waals surface area contributed by atoms with Crippen LogP contribution in [0.5, 0.6) is 0 Å². The molecule has 0 atom stereocenters. The highest BCUT2D eigenvalue weighted by atomic mass is 32.2. The zero-order valence-corrected chi connectivity index (χ0v) is 13.2. The second-order valence-corrected chi connectivity index (χ2v) is 6.75. The Kier molecular flexibility index (Phi) is 5.07. The number of nitrogens with zero attached hydrogens (tertiary/aromatic N) is 2. The zero-order valence-electron chi connectivity index (χ0n) is 12.3. The van der Waals surface area contributed by atoms with Gasteiger partial charge in [0.05, 0.1) is 9.82 Å². The van der Waals surface area contributed by atoms with Crippen molar-refractivity contribution in [2.24, 2.45) is 0 Å². The predicted octanol–water partition coefficient (Wildman–Crippen LogP) is 2.94. The fraction of sp³-hybridized carbons (Fsp3) is 0.200. The van der Waals surface area contributed by atoms with Crippen LogP contribution in [-0.4, -0.2) is 24.2 Å². The van der Waals surface area contributed by atoms with Gasteiger partial charge in [-0.05, 0) is 29.8 Å². The lowest BCUT2D eigenvalue weighted by Gasteiger charge is -2.20. The Morgan fingerprint density at radius 1 is 1.17 bits per heavy atom. The van der Waals surface area contributed by atoms with Crippen LogP contribution in [0.4, 0.5) is 10.1 Å². The van der Waals surface area contributed by atoms with E-state index in [9.17, 15) is 22.9 Å². The molecule has 0 spiro atoms. The predicted molar refractivity (Wildman–Crippen MR) is 82.8 cm³/mol. The number of sulfonamides is 1. The van der Waals surface area contributed by atoms with Crippen LogP contribution in [0.3, 0.4) is 0 Å². The van der Waals surface area contributed by atoms with Gasteiger partial charge in [0, 0.05) is 25.2 Å². The van der Waals surface area contributed by atoms with Crippen molar-refractivity contribution in [2.75, 3.05) is 6.54 Å². The van der Waals surface area contributed by atoms with Crippen LogP contribution in [0.15, 0.2) is 53.4 Å². The van der Waals surface area contributed by atoms with Gasteiger partial charge in [-0.3, -0.25) is 10.1 Å². The number of benzene rings is 2. The number of nitro groups is 1. The highest BCUT2D eigenvalue weighted by Crippen LogP contribution is 2.21. The molecule has 8 heteroatoms. The van der Waals surface area contributed by atoms with Gasteiger partial charge in [0.25, 0.3) is 5.69 Å². The number of halogens is 1.